The van der Waals surface area contributed by atoms with E-state index < -0.39 is 35.0 Å². The van der Waals surface area contributed by atoms with Crippen molar-refractivity contribution in [3.05, 3.63) is 70.8 Å². The number of ether oxygens (including phenoxy) is 2. The predicted octanol–water partition coefficient (Wildman–Crippen LogP) is 4.30. The third kappa shape index (κ3) is 9.40. The lowest BCUT2D eigenvalue weighted by atomic mass is 9.83. The van der Waals surface area contributed by atoms with Crippen LogP contribution in [0.4, 0.5) is 9.59 Å². The number of carbonyl (C=O) groups excluding carboxylic acids is 4. The molecule has 41 heavy (non-hydrogen) atoms. The molecule has 0 spiro atoms. The highest BCUT2D eigenvalue weighted by Gasteiger charge is 2.31. The van der Waals surface area contributed by atoms with E-state index in [2.05, 4.69) is 10.6 Å². The van der Waals surface area contributed by atoms with Gasteiger partial charge in [0.25, 0.3) is 0 Å². The summed E-state index contributed by atoms with van der Waals surface area (Å²) in [6.07, 6.45) is 0.908. The van der Waals surface area contributed by atoms with Crippen LogP contribution in [0.15, 0.2) is 48.5 Å². The van der Waals surface area contributed by atoms with Crippen LogP contribution in [-0.4, -0.2) is 57.3 Å². The van der Waals surface area contributed by atoms with Crippen LogP contribution in [0.2, 0.25) is 0 Å². The van der Waals surface area contributed by atoms with Crippen LogP contribution in [0.5, 0.6) is 0 Å². The number of nitrogens with one attached hydrogen (secondary N) is 2. The number of rotatable bonds is 10. The summed E-state index contributed by atoms with van der Waals surface area (Å²) in [5, 5.41) is 25.5. The molecule has 1 fully saturated rings. The molecule has 1 aliphatic rings. The Morgan fingerprint density at radius 1 is 0.732 bits per heavy atom. The third-order valence-corrected chi connectivity index (χ3v) is 7.10. The van der Waals surface area contributed by atoms with Crippen LogP contribution in [0.1, 0.15) is 85.7 Å². The lowest BCUT2D eigenvalue weighted by molar-refractivity contribution is 0.0487. The lowest BCUT2D eigenvalue weighted by Gasteiger charge is -2.34. The Morgan fingerprint density at radius 2 is 1.15 bits per heavy atom. The van der Waals surface area contributed by atoms with Crippen molar-refractivity contribution in [2.24, 2.45) is 5.92 Å². The van der Waals surface area contributed by atoms with Gasteiger partial charge in [0.05, 0.1) is 0 Å². The van der Waals surface area contributed by atoms with Gasteiger partial charge in [-0.3, -0.25) is 9.59 Å². The van der Waals surface area contributed by atoms with E-state index in [-0.39, 0.29) is 31.2 Å². The SMILES string of the molecule is CC1CCC(NC(=O)OCc2ccc(C(=O)C(C)(C)O)cc2)CC1NC(=O)OCc1ccc(C(=O)C(C)(C)O)cc1. The molecule has 0 aromatic heterocycles. The molecule has 2 aromatic carbocycles. The second kappa shape index (κ2) is 13.3. The molecular weight excluding hydrogens is 528 g/mol. The highest BCUT2D eigenvalue weighted by Crippen LogP contribution is 2.25. The van der Waals surface area contributed by atoms with Gasteiger partial charge in [-0.1, -0.05) is 55.5 Å². The first-order valence-corrected chi connectivity index (χ1v) is 13.7. The molecule has 0 saturated heterocycles. The van der Waals surface area contributed by atoms with Gasteiger partial charge in [0.2, 0.25) is 0 Å². The molecule has 10 heteroatoms. The number of ketones is 2. The summed E-state index contributed by atoms with van der Waals surface area (Å²) in [7, 11) is 0. The van der Waals surface area contributed by atoms with Gasteiger partial charge >= 0.3 is 12.2 Å². The fourth-order valence-corrected chi connectivity index (χ4v) is 4.56. The van der Waals surface area contributed by atoms with Crippen molar-refractivity contribution in [3.8, 4) is 0 Å². The number of benzene rings is 2. The van der Waals surface area contributed by atoms with Crippen LogP contribution >= 0.6 is 0 Å². The number of carbonyl (C=O) groups is 4. The summed E-state index contributed by atoms with van der Waals surface area (Å²) in [5.74, 6) is -0.597. The van der Waals surface area contributed by atoms with Gasteiger partial charge < -0.3 is 30.3 Å². The van der Waals surface area contributed by atoms with Gasteiger partial charge in [-0.2, -0.15) is 0 Å². The van der Waals surface area contributed by atoms with Gasteiger partial charge in [0, 0.05) is 23.2 Å². The molecule has 0 heterocycles. The van der Waals surface area contributed by atoms with E-state index in [9.17, 15) is 29.4 Å². The molecule has 0 radical (unpaired) electrons. The van der Waals surface area contributed by atoms with Crippen molar-refractivity contribution in [2.75, 3.05) is 0 Å². The van der Waals surface area contributed by atoms with E-state index in [1.54, 1.807) is 48.5 Å². The number of alkyl carbamates (subject to hydrolysis) is 2. The van der Waals surface area contributed by atoms with E-state index in [1.807, 2.05) is 6.92 Å². The van der Waals surface area contributed by atoms with E-state index in [1.165, 1.54) is 27.7 Å². The predicted molar refractivity (Wildman–Crippen MR) is 151 cm³/mol. The molecule has 10 nitrogen and oxygen atoms in total. The van der Waals surface area contributed by atoms with Crippen LogP contribution in [0.3, 0.4) is 0 Å². The molecule has 4 N–H and O–H groups in total. The van der Waals surface area contributed by atoms with Crippen molar-refractivity contribution < 1.29 is 38.9 Å². The fourth-order valence-electron chi connectivity index (χ4n) is 4.56. The number of hydrogen-bond donors (Lipinski definition) is 4. The molecule has 0 aliphatic heterocycles. The van der Waals surface area contributed by atoms with Crippen LogP contribution in [0, 0.1) is 5.92 Å². The maximum absolute atomic E-state index is 12.5. The van der Waals surface area contributed by atoms with Crippen LogP contribution < -0.4 is 10.6 Å². The van der Waals surface area contributed by atoms with Crippen molar-refractivity contribution in [3.63, 3.8) is 0 Å². The third-order valence-electron chi connectivity index (χ3n) is 7.10. The zero-order chi connectivity index (χ0) is 30.4. The van der Waals surface area contributed by atoms with Gasteiger partial charge in [-0.25, -0.2) is 9.59 Å². The second-order valence-electron chi connectivity index (χ2n) is 11.7. The minimum Gasteiger partial charge on any atom is -0.445 e. The summed E-state index contributed by atoms with van der Waals surface area (Å²) in [6, 6.07) is 12.6. The van der Waals surface area contributed by atoms with Gasteiger partial charge in [-0.05, 0) is 64.0 Å². The Balaban J connectivity index is 1.43. The van der Waals surface area contributed by atoms with E-state index in [4.69, 9.17) is 9.47 Å². The van der Waals surface area contributed by atoms with Gasteiger partial charge in [-0.15, -0.1) is 0 Å². The minimum absolute atomic E-state index is 0.0187. The molecule has 3 rings (SSSR count). The number of aliphatic hydroxyl groups is 2. The maximum Gasteiger partial charge on any atom is 0.407 e. The zero-order valence-electron chi connectivity index (χ0n) is 24.2. The van der Waals surface area contributed by atoms with Crippen molar-refractivity contribution >= 4 is 23.8 Å². The average molecular weight is 569 g/mol. The first-order valence-electron chi connectivity index (χ1n) is 13.7. The smallest absolute Gasteiger partial charge is 0.407 e. The quantitative estimate of drug-likeness (QED) is 0.310. The highest BCUT2D eigenvalue weighted by atomic mass is 16.6. The first-order chi connectivity index (χ1) is 19.1. The summed E-state index contributed by atoms with van der Waals surface area (Å²) >= 11 is 0. The molecule has 1 saturated carbocycles. The fraction of sp³-hybridized carbons (Fsp3) is 0.484. The van der Waals surface area contributed by atoms with Crippen molar-refractivity contribution in [2.45, 2.75) is 90.4 Å². The molecule has 0 bridgehead atoms. The Kier molecular flexibility index (Phi) is 10.3. The van der Waals surface area contributed by atoms with Gasteiger partial charge in [0.1, 0.15) is 24.4 Å². The first kappa shape index (κ1) is 31.8. The summed E-state index contributed by atoms with van der Waals surface area (Å²) < 4.78 is 10.7. The normalized spacial score (nSPS) is 19.1. The molecule has 2 amide bonds. The van der Waals surface area contributed by atoms with E-state index in [0.29, 0.717) is 28.7 Å². The molecule has 222 valence electrons. The van der Waals surface area contributed by atoms with E-state index in [0.717, 1.165) is 12.8 Å². The molecular formula is C31H40N2O8. The Labute approximate surface area is 240 Å². The van der Waals surface area contributed by atoms with Crippen molar-refractivity contribution in [1.82, 2.24) is 10.6 Å². The number of hydrogen-bond acceptors (Lipinski definition) is 8. The Morgan fingerprint density at radius 3 is 1.56 bits per heavy atom. The minimum atomic E-state index is -1.47. The van der Waals surface area contributed by atoms with Crippen molar-refractivity contribution in [1.29, 1.82) is 0 Å². The van der Waals surface area contributed by atoms with Crippen LogP contribution in [0.25, 0.3) is 0 Å². The van der Waals surface area contributed by atoms with Crippen LogP contribution in [-0.2, 0) is 22.7 Å². The summed E-state index contributed by atoms with van der Waals surface area (Å²) in [6.45, 7) is 7.79. The van der Waals surface area contributed by atoms with E-state index >= 15 is 0 Å². The molecule has 3 unspecified atom stereocenters. The highest BCUT2D eigenvalue weighted by molar-refractivity contribution is 6.02. The zero-order valence-corrected chi connectivity index (χ0v) is 24.2. The Hall–Kier alpha value is -3.76. The lowest BCUT2D eigenvalue weighted by Crippen LogP contribution is -2.49. The Bertz CT molecular complexity index is 1230. The largest absolute Gasteiger partial charge is 0.445 e. The molecule has 3 atom stereocenters. The summed E-state index contributed by atoms with van der Waals surface area (Å²) in [5.41, 5.74) is -0.792. The standard InChI is InChI=1S/C31H40N2O8/c1-19-6-15-24(32-28(36)40-17-20-7-11-22(12-8-20)26(34)30(2,3)38)16-25(19)33-29(37)41-18-21-9-13-23(14-10-21)27(35)31(4,5)39/h7-14,19,24-25,38-39H,6,15-18H2,1-5H3,(H,32,36)(H,33,37). The average Bonchev–Trinajstić information content (AvgIpc) is 2.91. The van der Waals surface area contributed by atoms with Gasteiger partial charge in [0.15, 0.2) is 11.6 Å². The monoisotopic (exact) mass is 568 g/mol. The molecule has 1 aliphatic carbocycles. The second-order valence-corrected chi connectivity index (χ2v) is 11.7. The topological polar surface area (TPSA) is 151 Å². The summed E-state index contributed by atoms with van der Waals surface area (Å²) in [4.78, 5) is 49.2. The number of amides is 2. The number of Topliss-reactive ketones (excluding diaryl/α,β-unsaturated/α-hetero) is 2. The molecule has 2 aromatic rings. The maximum atomic E-state index is 12.5.